The van der Waals surface area contributed by atoms with E-state index in [9.17, 15) is 0 Å². The largest absolute Gasteiger partial charge is 0.356 e. The average molecular weight is 339 g/mol. The number of hydrogen-bond donors (Lipinski definition) is 5. The second-order valence-corrected chi connectivity index (χ2v) is 6.40. The van der Waals surface area contributed by atoms with Crippen LogP contribution >= 0.6 is 8.60 Å². The lowest BCUT2D eigenvalue weighted by Gasteiger charge is -2.22. The van der Waals surface area contributed by atoms with Crippen molar-refractivity contribution < 1.29 is 14.7 Å². The van der Waals surface area contributed by atoms with Gasteiger partial charge >= 0.3 is 8.60 Å². The quantitative estimate of drug-likeness (QED) is 0.534. The van der Waals surface area contributed by atoms with Gasteiger partial charge in [0.05, 0.1) is 0 Å². The van der Waals surface area contributed by atoms with Gasteiger partial charge in [0.2, 0.25) is 0 Å². The second kappa shape index (κ2) is 9.83. The fourth-order valence-corrected chi connectivity index (χ4v) is 3.03. The van der Waals surface area contributed by atoms with Gasteiger partial charge in [-0.3, -0.25) is 4.99 Å². The number of nitrogens with one attached hydrogen (secondary N) is 2. The molecule has 1 aromatic rings. The van der Waals surface area contributed by atoms with Crippen LogP contribution in [0.4, 0.5) is 5.69 Å². The normalized spacial score (nSPS) is 18.5. The van der Waals surface area contributed by atoms with E-state index in [0.717, 1.165) is 37.1 Å². The van der Waals surface area contributed by atoms with Crippen molar-refractivity contribution in [1.29, 1.82) is 0 Å². The third-order valence-electron chi connectivity index (χ3n) is 4.15. The van der Waals surface area contributed by atoms with E-state index in [1.54, 1.807) is 0 Å². The summed E-state index contributed by atoms with van der Waals surface area (Å²) in [5, 5.41) is 6.63. The van der Waals surface area contributed by atoms with Crippen LogP contribution < -0.4 is 10.6 Å². The minimum atomic E-state index is -2.62. The first kappa shape index (κ1) is 18.1. The van der Waals surface area contributed by atoms with Crippen molar-refractivity contribution in [2.75, 3.05) is 18.4 Å². The van der Waals surface area contributed by atoms with Crippen LogP contribution in [0.25, 0.3) is 0 Å². The van der Waals surface area contributed by atoms with E-state index in [2.05, 4.69) is 39.9 Å². The standard InChI is InChI=1S/C16H23N3.H3O3P/c1-2-5-13(6-3-1)14-7-9-15(10-8-14)19-16-17-11-4-12-18-16;1-4(2)3/h7-10,13H,1-6,11-12H2,(H2,17,18,19);1-3H. The highest BCUT2D eigenvalue weighted by atomic mass is 31.2. The lowest BCUT2D eigenvalue weighted by Crippen LogP contribution is -2.35. The number of aliphatic imine (C=N–C) groups is 1. The van der Waals surface area contributed by atoms with Gasteiger partial charge in [-0.05, 0) is 42.9 Å². The van der Waals surface area contributed by atoms with E-state index in [0.29, 0.717) is 0 Å². The topological polar surface area (TPSA) is 97.1 Å². The van der Waals surface area contributed by atoms with E-state index in [1.165, 1.54) is 37.7 Å². The SMILES string of the molecule is OP(O)O.c1cc(C2CCCCC2)ccc1NC1=NCCCN1. The molecule has 1 aliphatic heterocycles. The number of guanidine groups is 1. The highest BCUT2D eigenvalue weighted by Crippen LogP contribution is 2.32. The zero-order valence-electron chi connectivity index (χ0n) is 13.3. The van der Waals surface area contributed by atoms with Crippen LogP contribution in [-0.4, -0.2) is 33.7 Å². The Bertz CT molecular complexity index is 485. The summed E-state index contributed by atoms with van der Waals surface area (Å²) in [5.74, 6) is 1.70. The smallest absolute Gasteiger partial charge is 0.324 e. The summed E-state index contributed by atoms with van der Waals surface area (Å²) in [7, 11) is -2.62. The van der Waals surface area contributed by atoms with Gasteiger partial charge in [0.15, 0.2) is 5.96 Å². The molecule has 5 N–H and O–H groups in total. The average Bonchev–Trinajstić information content (AvgIpc) is 2.57. The molecule has 0 amide bonds. The van der Waals surface area contributed by atoms with E-state index >= 15 is 0 Å². The predicted octanol–water partition coefficient (Wildman–Crippen LogP) is 2.69. The zero-order chi connectivity index (χ0) is 16.5. The fourth-order valence-electron chi connectivity index (χ4n) is 3.03. The molecule has 1 saturated carbocycles. The molecule has 1 aromatic carbocycles. The molecule has 0 unspecified atom stereocenters. The monoisotopic (exact) mass is 339 g/mol. The number of rotatable bonds is 2. The zero-order valence-corrected chi connectivity index (χ0v) is 14.2. The predicted molar refractivity (Wildman–Crippen MR) is 94.4 cm³/mol. The number of anilines is 1. The van der Waals surface area contributed by atoms with Gasteiger partial charge in [0.25, 0.3) is 0 Å². The number of nitrogens with zero attached hydrogens (tertiary/aromatic N) is 1. The van der Waals surface area contributed by atoms with E-state index < -0.39 is 8.60 Å². The van der Waals surface area contributed by atoms with Crippen molar-refractivity contribution in [1.82, 2.24) is 5.32 Å². The van der Waals surface area contributed by atoms with Gasteiger partial charge in [-0.2, -0.15) is 0 Å². The summed E-state index contributed by atoms with van der Waals surface area (Å²) in [6.45, 7) is 1.95. The Morgan fingerprint density at radius 2 is 1.65 bits per heavy atom. The van der Waals surface area contributed by atoms with Crippen LogP contribution in [0.2, 0.25) is 0 Å². The number of hydrogen-bond acceptors (Lipinski definition) is 6. The summed E-state index contributed by atoms with van der Waals surface area (Å²) in [6.07, 6.45) is 8.06. The molecule has 7 heteroatoms. The summed E-state index contributed by atoms with van der Waals surface area (Å²) >= 11 is 0. The molecule has 128 valence electrons. The van der Waals surface area contributed by atoms with E-state index in [-0.39, 0.29) is 0 Å². The molecule has 0 saturated heterocycles. The molecule has 23 heavy (non-hydrogen) atoms. The minimum Gasteiger partial charge on any atom is -0.356 e. The molecule has 1 aliphatic carbocycles. The molecule has 3 rings (SSSR count). The van der Waals surface area contributed by atoms with Crippen LogP contribution in [-0.2, 0) is 0 Å². The Kier molecular flexibility index (Phi) is 7.76. The van der Waals surface area contributed by atoms with Gasteiger partial charge in [-0.1, -0.05) is 31.4 Å². The fraction of sp³-hybridized carbons (Fsp3) is 0.562. The van der Waals surface area contributed by atoms with Crippen LogP contribution in [0.3, 0.4) is 0 Å². The van der Waals surface area contributed by atoms with E-state index in [1.807, 2.05) is 0 Å². The summed E-state index contributed by atoms with van der Waals surface area (Å²) < 4.78 is 0. The van der Waals surface area contributed by atoms with Gasteiger partial charge < -0.3 is 25.3 Å². The molecular formula is C16H26N3O3P. The molecule has 6 nitrogen and oxygen atoms in total. The molecule has 0 aromatic heterocycles. The first-order valence-electron chi connectivity index (χ1n) is 8.17. The maximum absolute atomic E-state index is 7.23. The Balaban J connectivity index is 0.000000433. The van der Waals surface area contributed by atoms with Gasteiger partial charge in [0, 0.05) is 18.8 Å². The molecule has 0 radical (unpaired) electrons. The Morgan fingerprint density at radius 3 is 2.22 bits per heavy atom. The Labute approximate surface area is 138 Å². The first-order chi connectivity index (χ1) is 11.1. The maximum Gasteiger partial charge on any atom is 0.324 e. The Hall–Kier alpha value is -1.20. The van der Waals surface area contributed by atoms with Gasteiger partial charge in [-0.15, -0.1) is 0 Å². The first-order valence-corrected chi connectivity index (χ1v) is 9.37. The highest BCUT2D eigenvalue weighted by Gasteiger charge is 2.15. The molecule has 0 atom stereocenters. The molecule has 0 bridgehead atoms. The minimum absolute atomic E-state index is 0.785. The summed E-state index contributed by atoms with van der Waals surface area (Å²) in [6, 6.07) is 8.93. The van der Waals surface area contributed by atoms with Crippen molar-refractivity contribution in [3.05, 3.63) is 29.8 Å². The van der Waals surface area contributed by atoms with Crippen molar-refractivity contribution in [2.24, 2.45) is 4.99 Å². The van der Waals surface area contributed by atoms with Crippen molar-refractivity contribution in [3.8, 4) is 0 Å². The van der Waals surface area contributed by atoms with Crippen molar-refractivity contribution >= 4 is 20.2 Å². The van der Waals surface area contributed by atoms with Crippen molar-refractivity contribution in [2.45, 2.75) is 44.4 Å². The van der Waals surface area contributed by atoms with Crippen LogP contribution in [0.5, 0.6) is 0 Å². The summed E-state index contributed by atoms with van der Waals surface area (Å²) in [4.78, 5) is 26.1. The number of benzene rings is 1. The summed E-state index contributed by atoms with van der Waals surface area (Å²) in [5.41, 5.74) is 2.64. The molecule has 1 heterocycles. The third kappa shape index (κ3) is 6.83. The van der Waals surface area contributed by atoms with E-state index in [4.69, 9.17) is 14.7 Å². The maximum atomic E-state index is 7.23. The molecular weight excluding hydrogens is 313 g/mol. The molecule has 1 fully saturated rings. The second-order valence-electron chi connectivity index (χ2n) is 5.86. The van der Waals surface area contributed by atoms with Crippen LogP contribution in [0, 0.1) is 0 Å². The van der Waals surface area contributed by atoms with Gasteiger partial charge in [0.1, 0.15) is 0 Å². The molecule has 0 spiro atoms. The molecule has 2 aliphatic rings. The lowest BCUT2D eigenvalue weighted by atomic mass is 9.84. The lowest BCUT2D eigenvalue weighted by molar-refractivity contribution is 0.368. The van der Waals surface area contributed by atoms with Gasteiger partial charge in [-0.25, -0.2) is 0 Å². The van der Waals surface area contributed by atoms with Crippen LogP contribution in [0.1, 0.15) is 50.0 Å². The highest BCUT2D eigenvalue weighted by molar-refractivity contribution is 7.38. The third-order valence-corrected chi connectivity index (χ3v) is 4.15. The Morgan fingerprint density at radius 1 is 1.00 bits per heavy atom. The van der Waals surface area contributed by atoms with Crippen LogP contribution in [0.15, 0.2) is 29.3 Å². The van der Waals surface area contributed by atoms with Crippen molar-refractivity contribution in [3.63, 3.8) is 0 Å².